The summed E-state index contributed by atoms with van der Waals surface area (Å²) in [4.78, 5) is 0. The SMILES string of the molecule is CCCC1=C(F)CC=C(F)C(F)=C1. The molecule has 0 heterocycles. The lowest BCUT2D eigenvalue weighted by molar-refractivity contribution is 0.542. The minimum atomic E-state index is -0.976. The first-order valence-electron chi connectivity index (χ1n) is 4.26. The minimum Gasteiger partial charge on any atom is -0.211 e. The van der Waals surface area contributed by atoms with Crippen LogP contribution < -0.4 is 0 Å². The normalized spacial score (nSPS) is 18.2. The summed E-state index contributed by atoms with van der Waals surface area (Å²) in [6.45, 7) is 1.86. The van der Waals surface area contributed by atoms with Crippen LogP contribution in [-0.2, 0) is 0 Å². The van der Waals surface area contributed by atoms with Gasteiger partial charge in [0.1, 0.15) is 5.83 Å². The van der Waals surface area contributed by atoms with Crippen LogP contribution in [0.15, 0.2) is 35.2 Å². The van der Waals surface area contributed by atoms with Crippen LogP contribution in [0.4, 0.5) is 13.2 Å². The van der Waals surface area contributed by atoms with Gasteiger partial charge >= 0.3 is 0 Å². The Morgan fingerprint density at radius 1 is 1.23 bits per heavy atom. The van der Waals surface area contributed by atoms with Gasteiger partial charge in [-0.25, -0.2) is 13.2 Å². The van der Waals surface area contributed by atoms with Crippen LogP contribution in [0.1, 0.15) is 26.2 Å². The van der Waals surface area contributed by atoms with E-state index in [4.69, 9.17) is 0 Å². The molecule has 0 atom stereocenters. The van der Waals surface area contributed by atoms with Gasteiger partial charge in [0.05, 0.1) is 0 Å². The molecule has 0 fully saturated rings. The molecule has 72 valence electrons. The highest BCUT2D eigenvalue weighted by Crippen LogP contribution is 2.27. The molecule has 13 heavy (non-hydrogen) atoms. The molecule has 1 aliphatic carbocycles. The van der Waals surface area contributed by atoms with Crippen LogP contribution in [-0.4, -0.2) is 0 Å². The molecule has 1 aliphatic rings. The van der Waals surface area contributed by atoms with Gasteiger partial charge in [-0.05, 0) is 24.1 Å². The van der Waals surface area contributed by atoms with E-state index in [1.54, 1.807) is 0 Å². The Balaban J connectivity index is 2.94. The lowest BCUT2D eigenvalue weighted by Crippen LogP contribution is -1.83. The Kier molecular flexibility index (Phi) is 3.34. The Morgan fingerprint density at radius 2 is 1.92 bits per heavy atom. The van der Waals surface area contributed by atoms with Crippen molar-refractivity contribution in [2.45, 2.75) is 26.2 Å². The van der Waals surface area contributed by atoms with Crippen molar-refractivity contribution < 1.29 is 13.2 Å². The molecule has 0 spiro atoms. The highest BCUT2D eigenvalue weighted by Gasteiger charge is 2.12. The fourth-order valence-corrected chi connectivity index (χ4v) is 1.19. The van der Waals surface area contributed by atoms with Gasteiger partial charge in [0.15, 0.2) is 11.7 Å². The van der Waals surface area contributed by atoms with Gasteiger partial charge in [-0.1, -0.05) is 13.3 Å². The quantitative estimate of drug-likeness (QED) is 0.611. The van der Waals surface area contributed by atoms with Crippen molar-refractivity contribution in [1.82, 2.24) is 0 Å². The maximum absolute atomic E-state index is 13.1. The van der Waals surface area contributed by atoms with Crippen LogP contribution in [0, 0.1) is 0 Å². The summed E-state index contributed by atoms with van der Waals surface area (Å²) in [5, 5.41) is 0. The van der Waals surface area contributed by atoms with E-state index in [9.17, 15) is 13.2 Å². The first-order chi connectivity index (χ1) is 6.15. The van der Waals surface area contributed by atoms with E-state index in [-0.39, 0.29) is 12.0 Å². The number of halogens is 3. The smallest absolute Gasteiger partial charge is 0.158 e. The molecular formula is C10H11F3. The molecule has 0 aromatic heterocycles. The molecular weight excluding hydrogens is 177 g/mol. The fraction of sp³-hybridized carbons (Fsp3) is 0.400. The van der Waals surface area contributed by atoms with Gasteiger partial charge in [-0.2, -0.15) is 0 Å². The highest BCUT2D eigenvalue weighted by molar-refractivity contribution is 5.35. The molecule has 0 aliphatic heterocycles. The van der Waals surface area contributed by atoms with E-state index in [2.05, 4.69) is 0 Å². The summed E-state index contributed by atoms with van der Waals surface area (Å²) in [5.41, 5.74) is 0.268. The number of rotatable bonds is 2. The monoisotopic (exact) mass is 188 g/mol. The predicted molar refractivity (Wildman–Crippen MR) is 46.0 cm³/mol. The summed E-state index contributed by atoms with van der Waals surface area (Å²) in [6, 6.07) is 0. The van der Waals surface area contributed by atoms with Crippen LogP contribution in [0.2, 0.25) is 0 Å². The van der Waals surface area contributed by atoms with Crippen LogP contribution >= 0.6 is 0 Å². The maximum Gasteiger partial charge on any atom is 0.158 e. The Morgan fingerprint density at radius 3 is 2.54 bits per heavy atom. The zero-order valence-electron chi connectivity index (χ0n) is 7.41. The third-order valence-corrected chi connectivity index (χ3v) is 1.86. The Bertz CT molecular complexity index is 285. The van der Waals surface area contributed by atoms with Gasteiger partial charge in [-0.3, -0.25) is 0 Å². The first kappa shape index (κ1) is 10.1. The average molecular weight is 188 g/mol. The van der Waals surface area contributed by atoms with Crippen LogP contribution in [0.5, 0.6) is 0 Å². The molecule has 0 amide bonds. The lowest BCUT2D eigenvalue weighted by atomic mass is 10.1. The molecule has 0 aromatic rings. The Hall–Kier alpha value is -0.990. The largest absolute Gasteiger partial charge is 0.211 e. The molecule has 0 saturated heterocycles. The molecule has 0 bridgehead atoms. The summed E-state index contributed by atoms with van der Waals surface area (Å²) >= 11 is 0. The van der Waals surface area contributed by atoms with Crippen LogP contribution in [0.25, 0.3) is 0 Å². The standard InChI is InChI=1S/C10H11F3/c1-2-3-7-6-10(13)9(12)5-4-8(7)11/h5-6H,2-4H2,1H3. The van der Waals surface area contributed by atoms with Crippen molar-refractivity contribution in [3.63, 3.8) is 0 Å². The van der Waals surface area contributed by atoms with Crippen molar-refractivity contribution in [2.24, 2.45) is 0 Å². The molecule has 0 saturated carbocycles. The second-order valence-electron chi connectivity index (χ2n) is 2.93. The van der Waals surface area contributed by atoms with E-state index in [0.29, 0.717) is 12.8 Å². The summed E-state index contributed by atoms with van der Waals surface area (Å²) < 4.78 is 38.5. The first-order valence-corrected chi connectivity index (χ1v) is 4.26. The highest BCUT2D eigenvalue weighted by atomic mass is 19.2. The van der Waals surface area contributed by atoms with E-state index in [0.717, 1.165) is 12.2 Å². The van der Waals surface area contributed by atoms with Crippen molar-refractivity contribution in [2.75, 3.05) is 0 Å². The van der Waals surface area contributed by atoms with Gasteiger partial charge in [0.2, 0.25) is 0 Å². The van der Waals surface area contributed by atoms with Gasteiger partial charge in [-0.15, -0.1) is 0 Å². The van der Waals surface area contributed by atoms with Gasteiger partial charge in [0, 0.05) is 6.42 Å². The molecule has 0 unspecified atom stereocenters. The van der Waals surface area contributed by atoms with E-state index < -0.39 is 17.5 Å². The fourth-order valence-electron chi connectivity index (χ4n) is 1.19. The Labute approximate surface area is 75.4 Å². The number of hydrogen-bond donors (Lipinski definition) is 0. The molecule has 0 N–H and O–H groups in total. The van der Waals surface area contributed by atoms with Crippen molar-refractivity contribution in [1.29, 1.82) is 0 Å². The van der Waals surface area contributed by atoms with Gasteiger partial charge in [0.25, 0.3) is 0 Å². The molecule has 3 heteroatoms. The van der Waals surface area contributed by atoms with E-state index in [1.807, 2.05) is 6.92 Å². The second kappa shape index (κ2) is 4.30. The summed E-state index contributed by atoms with van der Waals surface area (Å²) in [6.07, 6.45) is 2.88. The third kappa shape index (κ3) is 2.47. The van der Waals surface area contributed by atoms with E-state index in [1.165, 1.54) is 0 Å². The van der Waals surface area contributed by atoms with Gasteiger partial charge < -0.3 is 0 Å². The molecule has 0 nitrogen and oxygen atoms in total. The molecule has 0 aromatic carbocycles. The van der Waals surface area contributed by atoms with Crippen molar-refractivity contribution >= 4 is 0 Å². The van der Waals surface area contributed by atoms with Crippen LogP contribution in [0.3, 0.4) is 0 Å². The molecule has 0 radical (unpaired) electrons. The minimum absolute atomic E-state index is 0.148. The predicted octanol–water partition coefficient (Wildman–Crippen LogP) is 4.12. The topological polar surface area (TPSA) is 0 Å². The lowest BCUT2D eigenvalue weighted by Gasteiger charge is -1.99. The van der Waals surface area contributed by atoms with E-state index >= 15 is 0 Å². The zero-order chi connectivity index (χ0) is 9.84. The number of allylic oxidation sites excluding steroid dienone is 6. The number of hydrogen-bond acceptors (Lipinski definition) is 0. The van der Waals surface area contributed by atoms with Crippen molar-refractivity contribution in [3.05, 3.63) is 35.2 Å². The maximum atomic E-state index is 13.1. The summed E-state index contributed by atoms with van der Waals surface area (Å²) in [7, 11) is 0. The average Bonchev–Trinajstić information content (AvgIpc) is 2.21. The molecule has 1 rings (SSSR count). The summed E-state index contributed by atoms with van der Waals surface area (Å²) in [5.74, 6) is -2.39. The third-order valence-electron chi connectivity index (χ3n) is 1.86. The second-order valence-corrected chi connectivity index (χ2v) is 2.93. The zero-order valence-corrected chi connectivity index (χ0v) is 7.41. The van der Waals surface area contributed by atoms with Crippen molar-refractivity contribution in [3.8, 4) is 0 Å².